The number of nitrogen functional groups attached to an aromatic ring is 1. The number of rotatable bonds is 4. The van der Waals surface area contributed by atoms with E-state index >= 15 is 0 Å². The number of hydrogen-bond acceptors (Lipinski definition) is 2. The predicted molar refractivity (Wildman–Crippen MR) is 77.8 cm³/mol. The zero-order chi connectivity index (χ0) is 13.9. The minimum atomic E-state index is 0.217. The number of carbonyl (C=O) groups excluding carboxylic acids is 1. The summed E-state index contributed by atoms with van der Waals surface area (Å²) >= 11 is 0. The molecule has 0 aliphatic heterocycles. The highest BCUT2D eigenvalue weighted by atomic mass is 16.1. The molecule has 100 valence electrons. The molecule has 0 fully saturated rings. The summed E-state index contributed by atoms with van der Waals surface area (Å²) in [4.78, 5) is 12.2. The molecule has 0 bridgehead atoms. The molecule has 2 heteroatoms. The van der Waals surface area contributed by atoms with Crippen LogP contribution in [-0.2, 0) is 0 Å². The largest absolute Gasteiger partial charge is 0.399 e. The van der Waals surface area contributed by atoms with Gasteiger partial charge in [0, 0.05) is 17.7 Å². The van der Waals surface area contributed by atoms with Crippen LogP contribution >= 0.6 is 0 Å². The molecule has 1 aromatic rings. The van der Waals surface area contributed by atoms with E-state index < -0.39 is 0 Å². The zero-order valence-electron chi connectivity index (χ0n) is 12.2. The Kier molecular flexibility index (Phi) is 4.55. The molecule has 0 aromatic heterocycles. The Morgan fingerprint density at radius 1 is 1.33 bits per heavy atom. The van der Waals surface area contributed by atoms with Crippen LogP contribution in [0.15, 0.2) is 18.2 Å². The first-order valence-corrected chi connectivity index (χ1v) is 6.58. The summed E-state index contributed by atoms with van der Waals surface area (Å²) in [6.45, 7) is 10.7. The third kappa shape index (κ3) is 4.52. The van der Waals surface area contributed by atoms with Crippen molar-refractivity contribution in [1.82, 2.24) is 0 Å². The molecule has 0 spiro atoms. The first-order valence-electron chi connectivity index (χ1n) is 6.58. The zero-order valence-corrected chi connectivity index (χ0v) is 12.2. The maximum absolute atomic E-state index is 12.2. The predicted octanol–water partition coefficient (Wildman–Crippen LogP) is 4.22. The van der Waals surface area contributed by atoms with Crippen LogP contribution in [-0.4, -0.2) is 5.78 Å². The van der Waals surface area contributed by atoms with Gasteiger partial charge in [-0.2, -0.15) is 0 Å². The van der Waals surface area contributed by atoms with E-state index in [2.05, 4.69) is 27.7 Å². The molecule has 1 aromatic carbocycles. The number of hydrogen-bond donors (Lipinski definition) is 1. The second-order valence-electron chi connectivity index (χ2n) is 6.57. The summed E-state index contributed by atoms with van der Waals surface area (Å²) in [5, 5.41) is 0. The molecule has 0 aliphatic rings. The molecule has 1 unspecified atom stereocenters. The third-order valence-electron chi connectivity index (χ3n) is 3.09. The third-order valence-corrected chi connectivity index (χ3v) is 3.09. The summed E-state index contributed by atoms with van der Waals surface area (Å²) in [6.07, 6.45) is 1.67. The van der Waals surface area contributed by atoms with Crippen LogP contribution in [0.2, 0.25) is 0 Å². The molecule has 0 aliphatic carbocycles. The summed E-state index contributed by atoms with van der Waals surface area (Å²) in [5.41, 5.74) is 8.54. The van der Waals surface area contributed by atoms with Gasteiger partial charge in [0.15, 0.2) is 5.78 Å². The minimum absolute atomic E-state index is 0.217. The van der Waals surface area contributed by atoms with Gasteiger partial charge < -0.3 is 5.73 Å². The summed E-state index contributed by atoms with van der Waals surface area (Å²) in [5.74, 6) is 0.630. The van der Waals surface area contributed by atoms with Crippen molar-refractivity contribution in [3.8, 4) is 0 Å². The van der Waals surface area contributed by atoms with E-state index in [1.54, 1.807) is 0 Å². The highest BCUT2D eigenvalue weighted by Crippen LogP contribution is 2.27. The average molecular weight is 247 g/mol. The lowest BCUT2D eigenvalue weighted by Crippen LogP contribution is -2.14. The first kappa shape index (κ1) is 14.7. The topological polar surface area (TPSA) is 43.1 Å². The Hall–Kier alpha value is -1.31. The Bertz CT molecular complexity index is 429. The normalized spacial score (nSPS) is 13.4. The highest BCUT2D eigenvalue weighted by molar-refractivity contribution is 5.96. The molecule has 0 radical (unpaired) electrons. The van der Waals surface area contributed by atoms with Gasteiger partial charge in [0.2, 0.25) is 0 Å². The van der Waals surface area contributed by atoms with Crippen LogP contribution in [0.4, 0.5) is 5.69 Å². The van der Waals surface area contributed by atoms with Crippen molar-refractivity contribution in [2.45, 2.75) is 47.5 Å². The molecule has 0 saturated heterocycles. The second-order valence-corrected chi connectivity index (χ2v) is 6.57. The van der Waals surface area contributed by atoms with Crippen molar-refractivity contribution < 1.29 is 4.79 Å². The maximum atomic E-state index is 12.2. The smallest absolute Gasteiger partial charge is 0.163 e. The van der Waals surface area contributed by atoms with Crippen LogP contribution in [0, 0.1) is 18.3 Å². The van der Waals surface area contributed by atoms with E-state index in [4.69, 9.17) is 5.73 Å². The quantitative estimate of drug-likeness (QED) is 0.639. The Labute approximate surface area is 111 Å². The van der Waals surface area contributed by atoms with E-state index in [1.807, 2.05) is 25.1 Å². The molecule has 1 rings (SSSR count). The summed E-state index contributed by atoms with van der Waals surface area (Å²) in [7, 11) is 0. The van der Waals surface area contributed by atoms with Gasteiger partial charge >= 0.3 is 0 Å². The lowest BCUT2D eigenvalue weighted by atomic mass is 9.83. The van der Waals surface area contributed by atoms with E-state index in [0.29, 0.717) is 12.3 Å². The maximum Gasteiger partial charge on any atom is 0.163 e. The van der Waals surface area contributed by atoms with Gasteiger partial charge in [-0.1, -0.05) is 27.7 Å². The van der Waals surface area contributed by atoms with Crippen molar-refractivity contribution in [1.29, 1.82) is 0 Å². The van der Waals surface area contributed by atoms with Crippen LogP contribution in [0.1, 0.15) is 56.5 Å². The molecule has 18 heavy (non-hydrogen) atoms. The number of benzene rings is 1. The fourth-order valence-electron chi connectivity index (χ4n) is 2.40. The SMILES string of the molecule is Cc1cc(C(=O)CC(C)CC(C)(C)C)ccc1N. The van der Waals surface area contributed by atoms with Crippen molar-refractivity contribution in [3.05, 3.63) is 29.3 Å². The number of ketones is 1. The number of nitrogens with two attached hydrogens (primary N) is 1. The Morgan fingerprint density at radius 2 is 1.94 bits per heavy atom. The van der Waals surface area contributed by atoms with E-state index in [9.17, 15) is 4.79 Å². The fraction of sp³-hybridized carbons (Fsp3) is 0.562. The Morgan fingerprint density at radius 3 is 2.44 bits per heavy atom. The lowest BCUT2D eigenvalue weighted by molar-refractivity contribution is 0.0954. The molecule has 0 amide bonds. The molecule has 2 N–H and O–H groups in total. The molecule has 2 nitrogen and oxygen atoms in total. The van der Waals surface area contributed by atoms with Gasteiger partial charge in [-0.3, -0.25) is 4.79 Å². The Balaban J connectivity index is 2.68. The summed E-state index contributed by atoms with van der Waals surface area (Å²) in [6, 6.07) is 5.53. The standard InChI is InChI=1S/C16H25NO/c1-11(10-16(3,4)5)8-15(18)13-6-7-14(17)12(2)9-13/h6-7,9,11H,8,10,17H2,1-5H3. The van der Waals surface area contributed by atoms with E-state index in [-0.39, 0.29) is 11.2 Å². The monoisotopic (exact) mass is 247 g/mol. The van der Waals surface area contributed by atoms with Crippen molar-refractivity contribution >= 4 is 11.5 Å². The van der Waals surface area contributed by atoms with Crippen molar-refractivity contribution in [2.24, 2.45) is 11.3 Å². The number of Topliss-reactive ketones (excluding diaryl/α,β-unsaturated/α-hetero) is 1. The average Bonchev–Trinajstić information content (AvgIpc) is 2.18. The molecular weight excluding hydrogens is 222 g/mol. The lowest BCUT2D eigenvalue weighted by Gasteiger charge is -2.22. The number of anilines is 1. The second kappa shape index (κ2) is 5.55. The van der Waals surface area contributed by atoms with Gasteiger partial charge in [-0.15, -0.1) is 0 Å². The van der Waals surface area contributed by atoms with Crippen LogP contribution in [0.25, 0.3) is 0 Å². The van der Waals surface area contributed by atoms with Gasteiger partial charge in [-0.05, 0) is 48.4 Å². The number of aryl methyl sites for hydroxylation is 1. The molecule has 0 saturated carbocycles. The number of carbonyl (C=O) groups is 1. The van der Waals surface area contributed by atoms with Crippen LogP contribution in [0.5, 0.6) is 0 Å². The van der Waals surface area contributed by atoms with Gasteiger partial charge in [0.25, 0.3) is 0 Å². The highest BCUT2D eigenvalue weighted by Gasteiger charge is 2.18. The van der Waals surface area contributed by atoms with Crippen LogP contribution in [0.3, 0.4) is 0 Å². The van der Waals surface area contributed by atoms with Gasteiger partial charge in [0.1, 0.15) is 0 Å². The van der Waals surface area contributed by atoms with Gasteiger partial charge in [0.05, 0.1) is 0 Å². The van der Waals surface area contributed by atoms with E-state index in [0.717, 1.165) is 23.2 Å². The van der Waals surface area contributed by atoms with E-state index in [1.165, 1.54) is 0 Å². The summed E-state index contributed by atoms with van der Waals surface area (Å²) < 4.78 is 0. The van der Waals surface area contributed by atoms with Gasteiger partial charge in [-0.25, -0.2) is 0 Å². The fourth-order valence-corrected chi connectivity index (χ4v) is 2.40. The molecule has 1 atom stereocenters. The minimum Gasteiger partial charge on any atom is -0.399 e. The first-order chi connectivity index (χ1) is 8.19. The molecule has 0 heterocycles. The van der Waals surface area contributed by atoms with Crippen molar-refractivity contribution in [3.63, 3.8) is 0 Å². The van der Waals surface area contributed by atoms with Crippen molar-refractivity contribution in [2.75, 3.05) is 5.73 Å². The van der Waals surface area contributed by atoms with Crippen LogP contribution < -0.4 is 5.73 Å². The molecular formula is C16H25NO.